The van der Waals surface area contributed by atoms with Crippen molar-refractivity contribution in [3.8, 4) is 0 Å². The first kappa shape index (κ1) is 23.8. The van der Waals surface area contributed by atoms with Gasteiger partial charge in [-0.15, -0.1) is 0 Å². The van der Waals surface area contributed by atoms with Crippen LogP contribution < -0.4 is 11.1 Å². The third-order valence-electron chi connectivity index (χ3n) is 6.54. The Morgan fingerprint density at radius 2 is 1.83 bits per heavy atom. The molecule has 1 saturated carbocycles. The number of rotatable bonds is 12. The molecule has 0 radical (unpaired) electrons. The highest BCUT2D eigenvalue weighted by atomic mass is 16.3. The van der Waals surface area contributed by atoms with Crippen LogP contribution in [-0.4, -0.2) is 35.3 Å². The average Bonchev–Trinajstić information content (AvgIpc) is 2.75. The fourth-order valence-corrected chi connectivity index (χ4v) is 4.48. The van der Waals surface area contributed by atoms with Crippen LogP contribution in [0.4, 0.5) is 0 Å². The highest BCUT2D eigenvalue weighted by Gasteiger charge is 2.23. The first-order valence-electron chi connectivity index (χ1n) is 11.4. The van der Waals surface area contributed by atoms with Crippen molar-refractivity contribution >= 4 is 5.91 Å². The van der Waals surface area contributed by atoms with E-state index in [0.29, 0.717) is 24.4 Å². The van der Waals surface area contributed by atoms with E-state index in [-0.39, 0.29) is 12.5 Å². The number of aliphatic hydroxyl groups is 2. The maximum Gasteiger partial charge on any atom is 0.220 e. The molecule has 1 aromatic rings. The topological polar surface area (TPSA) is 95.6 Å². The van der Waals surface area contributed by atoms with Gasteiger partial charge in [-0.1, -0.05) is 75.8 Å². The molecule has 1 amide bonds. The maximum atomic E-state index is 12.4. The second-order valence-electron chi connectivity index (χ2n) is 8.90. The van der Waals surface area contributed by atoms with Crippen LogP contribution in [-0.2, 0) is 4.79 Å². The van der Waals surface area contributed by atoms with Gasteiger partial charge in [0, 0.05) is 6.42 Å². The van der Waals surface area contributed by atoms with E-state index in [0.717, 1.165) is 31.1 Å². The Morgan fingerprint density at radius 3 is 2.45 bits per heavy atom. The molecule has 1 aromatic carbocycles. The summed E-state index contributed by atoms with van der Waals surface area (Å²) in [7, 11) is 0. The van der Waals surface area contributed by atoms with Crippen molar-refractivity contribution in [2.24, 2.45) is 23.5 Å². The van der Waals surface area contributed by atoms with Crippen molar-refractivity contribution in [3.05, 3.63) is 35.9 Å². The van der Waals surface area contributed by atoms with Gasteiger partial charge in [-0.2, -0.15) is 0 Å². The molecule has 5 heteroatoms. The molecule has 5 N–H and O–H groups in total. The number of hydrogen-bond donors (Lipinski definition) is 4. The minimum atomic E-state index is -0.918. The lowest BCUT2D eigenvalue weighted by Gasteiger charge is -2.27. The van der Waals surface area contributed by atoms with Gasteiger partial charge in [-0.05, 0) is 42.7 Å². The second-order valence-corrected chi connectivity index (χ2v) is 8.90. The first-order valence-corrected chi connectivity index (χ1v) is 11.4. The number of carbonyl (C=O) groups is 1. The Hall–Kier alpha value is -1.43. The van der Waals surface area contributed by atoms with Gasteiger partial charge in [0.1, 0.15) is 6.10 Å². The molecule has 2 rings (SSSR count). The molecule has 3 unspecified atom stereocenters. The number of amides is 1. The van der Waals surface area contributed by atoms with Crippen molar-refractivity contribution < 1.29 is 15.0 Å². The van der Waals surface area contributed by atoms with Gasteiger partial charge in [0.05, 0.1) is 12.6 Å². The SMILES string of the molecule is CC1CCC(CCC(CCN)CCC(=O)NC(CO)C(O)c2ccccc2)CC1. The second kappa shape index (κ2) is 13.0. The molecule has 0 heterocycles. The third kappa shape index (κ3) is 8.45. The van der Waals surface area contributed by atoms with Crippen molar-refractivity contribution in [3.63, 3.8) is 0 Å². The lowest BCUT2D eigenvalue weighted by molar-refractivity contribution is -0.123. The van der Waals surface area contributed by atoms with Gasteiger partial charge in [-0.25, -0.2) is 0 Å². The quantitative estimate of drug-likeness (QED) is 0.428. The largest absolute Gasteiger partial charge is 0.394 e. The summed E-state index contributed by atoms with van der Waals surface area (Å²) >= 11 is 0. The molecular formula is C24H40N2O3. The van der Waals surface area contributed by atoms with E-state index >= 15 is 0 Å². The van der Waals surface area contributed by atoms with Gasteiger partial charge in [0.15, 0.2) is 0 Å². The van der Waals surface area contributed by atoms with E-state index in [2.05, 4.69) is 12.2 Å². The van der Waals surface area contributed by atoms with Crippen LogP contribution in [0, 0.1) is 17.8 Å². The van der Waals surface area contributed by atoms with Gasteiger partial charge in [-0.3, -0.25) is 4.79 Å². The minimum absolute atomic E-state index is 0.118. The third-order valence-corrected chi connectivity index (χ3v) is 6.54. The fraction of sp³-hybridized carbons (Fsp3) is 0.708. The Labute approximate surface area is 176 Å². The van der Waals surface area contributed by atoms with Crippen LogP contribution in [0.15, 0.2) is 30.3 Å². The molecule has 1 aliphatic carbocycles. The van der Waals surface area contributed by atoms with Gasteiger partial charge in [0.2, 0.25) is 5.91 Å². The summed E-state index contributed by atoms with van der Waals surface area (Å²) in [5.74, 6) is 2.06. The highest BCUT2D eigenvalue weighted by molar-refractivity contribution is 5.76. The summed E-state index contributed by atoms with van der Waals surface area (Å²) in [5, 5.41) is 22.9. The average molecular weight is 405 g/mol. The van der Waals surface area contributed by atoms with Crippen LogP contribution in [0.2, 0.25) is 0 Å². The number of hydrogen-bond acceptors (Lipinski definition) is 4. The van der Waals surface area contributed by atoms with Crippen LogP contribution in [0.3, 0.4) is 0 Å². The van der Waals surface area contributed by atoms with Crippen molar-refractivity contribution in [2.45, 2.75) is 76.9 Å². The van der Waals surface area contributed by atoms with Crippen molar-refractivity contribution in [2.75, 3.05) is 13.2 Å². The Morgan fingerprint density at radius 1 is 1.14 bits per heavy atom. The van der Waals surface area contributed by atoms with E-state index in [9.17, 15) is 15.0 Å². The van der Waals surface area contributed by atoms with Crippen LogP contribution >= 0.6 is 0 Å². The Bertz CT molecular complexity index is 573. The number of benzene rings is 1. The van der Waals surface area contributed by atoms with Crippen LogP contribution in [0.25, 0.3) is 0 Å². The predicted octanol–water partition coefficient (Wildman–Crippen LogP) is 3.55. The van der Waals surface area contributed by atoms with Gasteiger partial charge >= 0.3 is 0 Å². The molecular weight excluding hydrogens is 364 g/mol. The molecule has 1 aliphatic rings. The Balaban J connectivity index is 1.76. The summed E-state index contributed by atoms with van der Waals surface area (Å²) in [4.78, 5) is 12.4. The number of aliphatic hydroxyl groups excluding tert-OH is 2. The number of nitrogens with two attached hydrogens (primary N) is 1. The monoisotopic (exact) mass is 404 g/mol. The molecule has 0 saturated heterocycles. The van der Waals surface area contributed by atoms with Crippen LogP contribution in [0.1, 0.15) is 76.4 Å². The predicted molar refractivity (Wildman–Crippen MR) is 117 cm³/mol. The first-order chi connectivity index (χ1) is 14.0. The smallest absolute Gasteiger partial charge is 0.220 e. The van der Waals surface area contributed by atoms with Crippen molar-refractivity contribution in [1.82, 2.24) is 5.32 Å². The summed E-state index contributed by atoms with van der Waals surface area (Å²) in [5.41, 5.74) is 6.49. The zero-order valence-corrected chi connectivity index (χ0v) is 17.9. The lowest BCUT2D eigenvalue weighted by atomic mass is 9.79. The van der Waals surface area contributed by atoms with Crippen LogP contribution in [0.5, 0.6) is 0 Å². The zero-order chi connectivity index (χ0) is 21.1. The maximum absolute atomic E-state index is 12.4. The molecule has 0 aliphatic heterocycles. The van der Waals surface area contributed by atoms with E-state index in [1.165, 1.54) is 32.1 Å². The molecule has 0 spiro atoms. The molecule has 3 atom stereocenters. The number of carbonyl (C=O) groups excluding carboxylic acids is 1. The number of nitrogens with one attached hydrogen (secondary N) is 1. The molecule has 164 valence electrons. The fourth-order valence-electron chi connectivity index (χ4n) is 4.48. The molecule has 1 fully saturated rings. The van der Waals surface area contributed by atoms with E-state index < -0.39 is 12.1 Å². The summed E-state index contributed by atoms with van der Waals surface area (Å²) in [6.07, 6.45) is 9.01. The van der Waals surface area contributed by atoms with Gasteiger partial charge < -0.3 is 21.3 Å². The van der Waals surface area contributed by atoms with Gasteiger partial charge in [0.25, 0.3) is 0 Å². The lowest BCUT2D eigenvalue weighted by Crippen LogP contribution is -2.42. The van der Waals surface area contributed by atoms with E-state index in [1.54, 1.807) is 12.1 Å². The molecule has 29 heavy (non-hydrogen) atoms. The molecule has 5 nitrogen and oxygen atoms in total. The molecule has 0 bridgehead atoms. The minimum Gasteiger partial charge on any atom is -0.394 e. The summed E-state index contributed by atoms with van der Waals surface area (Å²) < 4.78 is 0. The van der Waals surface area contributed by atoms with Crippen molar-refractivity contribution in [1.29, 1.82) is 0 Å². The summed E-state index contributed by atoms with van der Waals surface area (Å²) in [6, 6.07) is 8.43. The standard InChI is InChI=1S/C24H40N2O3/c1-18-7-9-19(10-8-18)11-12-20(15-16-25)13-14-23(28)26-22(17-27)24(29)21-5-3-2-4-6-21/h2-6,18-20,22,24,27,29H,7-17,25H2,1H3,(H,26,28). The Kier molecular flexibility index (Phi) is 10.7. The van der Waals surface area contributed by atoms with E-state index in [1.807, 2.05) is 18.2 Å². The molecule has 0 aromatic heterocycles. The normalized spacial score (nSPS) is 22.6. The summed E-state index contributed by atoms with van der Waals surface area (Å²) in [6.45, 7) is 2.70. The zero-order valence-electron chi connectivity index (χ0n) is 17.9. The van der Waals surface area contributed by atoms with E-state index in [4.69, 9.17) is 5.73 Å². The highest BCUT2D eigenvalue weighted by Crippen LogP contribution is 2.33.